The fraction of sp³-hybridized carbons (Fsp3) is 0. The van der Waals surface area contributed by atoms with E-state index < -0.39 is 0 Å². The fourth-order valence-electron chi connectivity index (χ4n) is 2.64. The highest BCUT2D eigenvalue weighted by molar-refractivity contribution is 6.30. The van der Waals surface area contributed by atoms with Gasteiger partial charge in [0, 0.05) is 16.3 Å². The number of aromatic amines is 1. The summed E-state index contributed by atoms with van der Waals surface area (Å²) in [5.41, 5.74) is 2.66. The lowest BCUT2D eigenvalue weighted by atomic mass is 10.0. The van der Waals surface area contributed by atoms with E-state index in [4.69, 9.17) is 0 Å². The van der Waals surface area contributed by atoms with Crippen molar-refractivity contribution in [1.82, 2.24) is 4.98 Å². The van der Waals surface area contributed by atoms with Crippen LogP contribution in [0.4, 0.5) is 0 Å². The molecule has 20 heavy (non-hydrogen) atoms. The third-order valence-corrected chi connectivity index (χ3v) is 3.56. The Morgan fingerprint density at radius 3 is 2.35 bits per heavy atom. The zero-order chi connectivity index (χ0) is 13.7. The predicted molar refractivity (Wildman–Crippen MR) is 76.4 cm³/mol. The Hall–Kier alpha value is -2.88. The number of aromatic hydroxyl groups is 1. The van der Waals surface area contributed by atoms with E-state index in [0.717, 1.165) is 16.3 Å². The van der Waals surface area contributed by atoms with Gasteiger partial charge in [0.2, 0.25) is 0 Å². The van der Waals surface area contributed by atoms with E-state index in [9.17, 15) is 9.90 Å². The van der Waals surface area contributed by atoms with Crippen LogP contribution in [0.2, 0.25) is 0 Å². The molecule has 4 nitrogen and oxygen atoms in total. The molecule has 96 valence electrons. The summed E-state index contributed by atoms with van der Waals surface area (Å²) in [6.45, 7) is 0. The standard InChI is InChI=1S/C16H10N2O2/c19-15-11-7-3-1-5-9(11)13(17-15)14-10-6-2-4-8-12(10)16(20)18-14/h1-8,17,19H. The number of rotatable bonds is 1. The van der Waals surface area contributed by atoms with Crippen LogP contribution in [0.1, 0.15) is 21.6 Å². The van der Waals surface area contributed by atoms with E-state index in [2.05, 4.69) is 9.98 Å². The van der Waals surface area contributed by atoms with Crippen LogP contribution >= 0.6 is 0 Å². The van der Waals surface area contributed by atoms with Gasteiger partial charge >= 0.3 is 0 Å². The average molecular weight is 262 g/mol. The van der Waals surface area contributed by atoms with Crippen molar-refractivity contribution in [3.63, 3.8) is 0 Å². The first kappa shape index (κ1) is 11.0. The van der Waals surface area contributed by atoms with Crippen molar-refractivity contribution >= 4 is 22.4 Å². The van der Waals surface area contributed by atoms with Gasteiger partial charge in [0.15, 0.2) is 5.88 Å². The monoisotopic (exact) mass is 262 g/mol. The van der Waals surface area contributed by atoms with E-state index in [-0.39, 0.29) is 11.8 Å². The van der Waals surface area contributed by atoms with Gasteiger partial charge in [0.1, 0.15) is 0 Å². The molecule has 0 atom stereocenters. The number of aliphatic imine (C=N–C) groups is 1. The fourth-order valence-corrected chi connectivity index (χ4v) is 2.64. The van der Waals surface area contributed by atoms with Gasteiger partial charge in [-0.1, -0.05) is 36.4 Å². The molecule has 0 aliphatic carbocycles. The molecule has 1 aliphatic heterocycles. The normalized spacial score (nSPS) is 13.6. The molecule has 2 N–H and O–H groups in total. The van der Waals surface area contributed by atoms with Crippen molar-refractivity contribution in [3.05, 3.63) is 65.4 Å². The number of nitrogens with zero attached hydrogens (tertiary/aromatic N) is 1. The average Bonchev–Trinajstić information content (AvgIpc) is 2.99. The molecule has 1 amide bonds. The third kappa shape index (κ3) is 1.36. The molecule has 0 saturated heterocycles. The van der Waals surface area contributed by atoms with Crippen LogP contribution < -0.4 is 0 Å². The number of hydrogen-bond donors (Lipinski definition) is 2. The highest BCUT2D eigenvalue weighted by Gasteiger charge is 2.26. The summed E-state index contributed by atoms with van der Waals surface area (Å²) in [6.07, 6.45) is 0. The van der Waals surface area contributed by atoms with Crippen LogP contribution in [-0.2, 0) is 0 Å². The van der Waals surface area contributed by atoms with Crippen LogP contribution in [0, 0.1) is 0 Å². The van der Waals surface area contributed by atoms with Gasteiger partial charge in [-0.2, -0.15) is 0 Å². The van der Waals surface area contributed by atoms with Crippen molar-refractivity contribution in [2.75, 3.05) is 0 Å². The molecular weight excluding hydrogens is 252 g/mol. The van der Waals surface area contributed by atoms with Crippen LogP contribution in [-0.4, -0.2) is 21.7 Å². The second kappa shape index (κ2) is 3.81. The van der Waals surface area contributed by atoms with Gasteiger partial charge in [-0.25, -0.2) is 4.99 Å². The van der Waals surface area contributed by atoms with Crippen LogP contribution in [0.25, 0.3) is 10.8 Å². The number of nitrogens with one attached hydrogen (secondary N) is 1. The number of benzene rings is 2. The molecule has 1 aliphatic rings. The zero-order valence-corrected chi connectivity index (χ0v) is 10.4. The number of hydrogen-bond acceptors (Lipinski definition) is 2. The summed E-state index contributed by atoms with van der Waals surface area (Å²) < 4.78 is 0. The van der Waals surface area contributed by atoms with Crippen LogP contribution in [0.5, 0.6) is 5.88 Å². The van der Waals surface area contributed by atoms with Crippen molar-refractivity contribution in [2.45, 2.75) is 0 Å². The van der Waals surface area contributed by atoms with Crippen molar-refractivity contribution in [2.24, 2.45) is 4.99 Å². The lowest BCUT2D eigenvalue weighted by Gasteiger charge is -2.01. The first-order valence-corrected chi connectivity index (χ1v) is 6.28. The van der Waals surface area contributed by atoms with Crippen molar-refractivity contribution in [3.8, 4) is 5.88 Å². The molecule has 2 heterocycles. The molecule has 0 spiro atoms. The molecular formula is C16H10N2O2. The Morgan fingerprint density at radius 1 is 0.900 bits per heavy atom. The topological polar surface area (TPSA) is 65.5 Å². The van der Waals surface area contributed by atoms with Gasteiger partial charge in [0.25, 0.3) is 5.91 Å². The van der Waals surface area contributed by atoms with Crippen LogP contribution in [0.3, 0.4) is 0 Å². The number of carbonyl (C=O) groups is 1. The van der Waals surface area contributed by atoms with E-state index in [1.807, 2.05) is 42.5 Å². The molecule has 3 aromatic rings. The summed E-state index contributed by atoms with van der Waals surface area (Å²) in [5, 5.41) is 11.5. The SMILES string of the molecule is O=C1N=C(c2[nH]c(O)c3ccccc23)c2ccccc21. The van der Waals surface area contributed by atoms with E-state index in [1.165, 1.54) is 0 Å². The van der Waals surface area contributed by atoms with E-state index in [1.54, 1.807) is 6.07 Å². The van der Waals surface area contributed by atoms with E-state index >= 15 is 0 Å². The summed E-state index contributed by atoms with van der Waals surface area (Å²) in [4.78, 5) is 19.0. The third-order valence-electron chi connectivity index (χ3n) is 3.56. The second-order valence-corrected chi connectivity index (χ2v) is 4.71. The Labute approximate surface area is 114 Å². The minimum absolute atomic E-state index is 0.0927. The lowest BCUT2D eigenvalue weighted by molar-refractivity contribution is 0.101. The maximum absolute atomic E-state index is 11.9. The van der Waals surface area contributed by atoms with Crippen molar-refractivity contribution < 1.29 is 9.90 Å². The minimum Gasteiger partial charge on any atom is -0.494 e. The lowest BCUT2D eigenvalue weighted by Crippen LogP contribution is -2.01. The highest BCUT2D eigenvalue weighted by atomic mass is 16.3. The maximum Gasteiger partial charge on any atom is 0.278 e. The Morgan fingerprint density at radius 2 is 1.55 bits per heavy atom. The van der Waals surface area contributed by atoms with Crippen molar-refractivity contribution in [1.29, 1.82) is 0 Å². The van der Waals surface area contributed by atoms with Gasteiger partial charge in [0.05, 0.1) is 17.0 Å². The first-order valence-electron chi connectivity index (χ1n) is 6.28. The number of amides is 1. The summed E-state index contributed by atoms with van der Waals surface area (Å²) in [7, 11) is 0. The summed E-state index contributed by atoms with van der Waals surface area (Å²) in [5.74, 6) is -0.149. The number of aromatic nitrogens is 1. The van der Waals surface area contributed by atoms with Gasteiger partial charge in [-0.15, -0.1) is 0 Å². The van der Waals surface area contributed by atoms with Gasteiger partial charge in [-0.05, 0) is 12.1 Å². The molecule has 4 rings (SSSR count). The number of fused-ring (bicyclic) bond motifs is 2. The molecule has 0 saturated carbocycles. The zero-order valence-electron chi connectivity index (χ0n) is 10.4. The quantitative estimate of drug-likeness (QED) is 0.708. The Kier molecular flexibility index (Phi) is 2.09. The predicted octanol–water partition coefficient (Wildman–Crippen LogP) is 2.86. The summed E-state index contributed by atoms with van der Waals surface area (Å²) >= 11 is 0. The maximum atomic E-state index is 11.9. The second-order valence-electron chi connectivity index (χ2n) is 4.71. The van der Waals surface area contributed by atoms with E-state index in [0.29, 0.717) is 17.0 Å². The smallest absolute Gasteiger partial charge is 0.278 e. The molecule has 0 bridgehead atoms. The Bertz CT molecular complexity index is 890. The van der Waals surface area contributed by atoms with Crippen LogP contribution in [0.15, 0.2) is 53.5 Å². The molecule has 0 radical (unpaired) electrons. The van der Waals surface area contributed by atoms with Gasteiger partial charge in [-0.3, -0.25) is 4.79 Å². The number of H-pyrrole nitrogens is 1. The Balaban J connectivity index is 2.02. The number of carbonyl (C=O) groups excluding carboxylic acids is 1. The molecule has 4 heteroatoms. The molecule has 1 aromatic heterocycles. The molecule has 0 unspecified atom stereocenters. The largest absolute Gasteiger partial charge is 0.494 e. The minimum atomic E-state index is -0.242. The highest BCUT2D eigenvalue weighted by Crippen LogP contribution is 2.31. The summed E-state index contributed by atoms with van der Waals surface area (Å²) in [6, 6.07) is 14.8. The van der Waals surface area contributed by atoms with Gasteiger partial charge < -0.3 is 10.1 Å². The molecule has 0 fully saturated rings. The first-order chi connectivity index (χ1) is 9.75. The molecule has 2 aromatic carbocycles.